The Labute approximate surface area is 123 Å². The summed E-state index contributed by atoms with van der Waals surface area (Å²) in [5.41, 5.74) is 0. The number of unbranched alkanes of at least 4 members (excludes halogenated alkanes) is 1. The highest BCUT2D eigenvalue weighted by Crippen LogP contribution is 2.29. The van der Waals surface area contributed by atoms with Crippen molar-refractivity contribution in [3.8, 4) is 5.75 Å². The molecule has 0 saturated carbocycles. The first-order chi connectivity index (χ1) is 9.86. The number of amides is 2. The summed E-state index contributed by atoms with van der Waals surface area (Å²) in [7, 11) is -7.55. The lowest BCUT2D eigenvalue weighted by Gasteiger charge is -2.11. The van der Waals surface area contributed by atoms with Crippen molar-refractivity contribution in [2.24, 2.45) is 0 Å². The lowest BCUT2D eigenvalue weighted by atomic mass is 10.3. The SMILES string of the molecule is CCCCNC(=O)NS(=O)(=O)c1ccccc1O[PH](=O)O. The minimum Gasteiger partial charge on any atom is -0.425 e. The van der Waals surface area contributed by atoms with Gasteiger partial charge < -0.3 is 14.7 Å². The van der Waals surface area contributed by atoms with E-state index in [1.807, 2.05) is 11.6 Å². The predicted molar refractivity (Wildman–Crippen MR) is 76.9 cm³/mol. The second kappa shape index (κ2) is 8.02. The molecule has 2 amide bonds. The quantitative estimate of drug-likeness (QED) is 0.508. The van der Waals surface area contributed by atoms with E-state index in [2.05, 4.69) is 9.84 Å². The number of benzene rings is 1. The van der Waals surface area contributed by atoms with Gasteiger partial charge in [-0.25, -0.2) is 22.5 Å². The van der Waals surface area contributed by atoms with Gasteiger partial charge in [-0.1, -0.05) is 25.5 Å². The van der Waals surface area contributed by atoms with E-state index < -0.39 is 24.3 Å². The van der Waals surface area contributed by atoms with E-state index in [1.165, 1.54) is 24.3 Å². The van der Waals surface area contributed by atoms with Crippen LogP contribution in [0.1, 0.15) is 19.8 Å². The normalized spacial score (nSPS) is 12.5. The molecule has 0 aliphatic rings. The molecule has 0 radical (unpaired) electrons. The van der Waals surface area contributed by atoms with E-state index in [4.69, 9.17) is 4.89 Å². The van der Waals surface area contributed by atoms with E-state index in [1.54, 1.807) is 0 Å². The molecule has 0 spiro atoms. The molecule has 0 heterocycles. The Morgan fingerprint density at radius 3 is 2.67 bits per heavy atom. The van der Waals surface area contributed by atoms with Crippen molar-refractivity contribution in [2.45, 2.75) is 24.7 Å². The summed E-state index contributed by atoms with van der Waals surface area (Å²) in [6.45, 7) is 2.28. The third kappa shape index (κ3) is 5.74. The van der Waals surface area contributed by atoms with Gasteiger partial charge in [-0.15, -0.1) is 0 Å². The monoisotopic (exact) mass is 336 g/mol. The highest BCUT2D eigenvalue weighted by Gasteiger charge is 2.22. The molecule has 0 aliphatic carbocycles. The van der Waals surface area contributed by atoms with Gasteiger partial charge in [0.2, 0.25) is 0 Å². The molecule has 0 fully saturated rings. The molecule has 21 heavy (non-hydrogen) atoms. The number of carbonyl (C=O) groups is 1. The smallest absolute Gasteiger partial charge is 0.365 e. The summed E-state index contributed by atoms with van der Waals surface area (Å²) >= 11 is 0. The van der Waals surface area contributed by atoms with Crippen molar-refractivity contribution in [1.82, 2.24) is 10.0 Å². The Morgan fingerprint density at radius 1 is 1.38 bits per heavy atom. The predicted octanol–water partition coefficient (Wildman–Crippen LogP) is 1.24. The highest BCUT2D eigenvalue weighted by molar-refractivity contribution is 7.90. The summed E-state index contributed by atoms with van der Waals surface area (Å²) in [4.78, 5) is 19.9. The van der Waals surface area contributed by atoms with Crippen LogP contribution in [0.15, 0.2) is 29.2 Å². The zero-order valence-electron chi connectivity index (χ0n) is 11.3. The number of urea groups is 1. The van der Waals surface area contributed by atoms with Crippen LogP contribution in [0.4, 0.5) is 4.79 Å². The topological polar surface area (TPSA) is 122 Å². The molecular formula is C11H17N2O6PS. The summed E-state index contributed by atoms with van der Waals surface area (Å²) in [6, 6.07) is 4.38. The number of carbonyl (C=O) groups excluding carboxylic acids is 1. The number of nitrogens with one attached hydrogen (secondary N) is 2. The summed E-state index contributed by atoms with van der Waals surface area (Å²) in [5.74, 6) is -0.294. The van der Waals surface area contributed by atoms with Crippen molar-refractivity contribution in [3.05, 3.63) is 24.3 Å². The first-order valence-corrected chi connectivity index (χ1v) is 8.92. The zero-order chi connectivity index (χ0) is 15.9. The molecule has 1 atom stereocenters. The molecule has 1 aromatic rings. The fraction of sp³-hybridized carbons (Fsp3) is 0.364. The van der Waals surface area contributed by atoms with Gasteiger partial charge in [0.15, 0.2) is 0 Å². The molecule has 10 heteroatoms. The Morgan fingerprint density at radius 2 is 2.05 bits per heavy atom. The second-order valence-corrected chi connectivity index (χ2v) is 6.42. The van der Waals surface area contributed by atoms with Crippen LogP contribution in [0.3, 0.4) is 0 Å². The Hall–Kier alpha value is -1.57. The molecule has 0 aromatic heterocycles. The van der Waals surface area contributed by atoms with Crippen LogP contribution >= 0.6 is 8.25 Å². The van der Waals surface area contributed by atoms with E-state index in [-0.39, 0.29) is 10.6 Å². The van der Waals surface area contributed by atoms with Crippen LogP contribution in [0.5, 0.6) is 5.75 Å². The van der Waals surface area contributed by atoms with Crippen molar-refractivity contribution in [1.29, 1.82) is 0 Å². The Bertz CT molecular complexity index is 619. The van der Waals surface area contributed by atoms with Gasteiger partial charge in [0.05, 0.1) is 0 Å². The third-order valence-electron chi connectivity index (χ3n) is 2.38. The summed E-state index contributed by atoms with van der Waals surface area (Å²) in [5, 5.41) is 2.39. The second-order valence-electron chi connectivity index (χ2n) is 4.03. The van der Waals surface area contributed by atoms with Crippen LogP contribution in [0.25, 0.3) is 0 Å². The van der Waals surface area contributed by atoms with Crippen molar-refractivity contribution < 1.29 is 27.2 Å². The number of hydrogen-bond donors (Lipinski definition) is 3. The van der Waals surface area contributed by atoms with Crippen LogP contribution in [0, 0.1) is 0 Å². The average Bonchev–Trinajstić information content (AvgIpc) is 2.38. The third-order valence-corrected chi connectivity index (χ3v) is 4.14. The Balaban J connectivity index is 2.88. The molecular weight excluding hydrogens is 319 g/mol. The molecule has 118 valence electrons. The van der Waals surface area contributed by atoms with E-state index in [0.29, 0.717) is 6.54 Å². The maximum absolute atomic E-state index is 12.1. The summed E-state index contributed by atoms with van der Waals surface area (Å²) in [6.07, 6.45) is 1.58. The van der Waals surface area contributed by atoms with Crippen LogP contribution in [0.2, 0.25) is 0 Å². The van der Waals surface area contributed by atoms with Crippen LogP contribution < -0.4 is 14.6 Å². The van der Waals surface area contributed by atoms with Gasteiger partial charge in [0.1, 0.15) is 10.6 Å². The van der Waals surface area contributed by atoms with Gasteiger partial charge in [-0.3, -0.25) is 0 Å². The number of para-hydroxylation sites is 1. The average molecular weight is 336 g/mol. The zero-order valence-corrected chi connectivity index (χ0v) is 13.1. The first kappa shape index (κ1) is 17.5. The largest absolute Gasteiger partial charge is 0.425 e. The maximum atomic E-state index is 12.1. The van der Waals surface area contributed by atoms with E-state index >= 15 is 0 Å². The van der Waals surface area contributed by atoms with Gasteiger partial charge in [-0.05, 0) is 18.6 Å². The van der Waals surface area contributed by atoms with Crippen molar-refractivity contribution in [2.75, 3.05) is 6.54 Å². The lowest BCUT2D eigenvalue weighted by molar-refractivity contribution is 0.245. The minimum atomic E-state index is -4.19. The van der Waals surface area contributed by atoms with Gasteiger partial charge in [-0.2, -0.15) is 0 Å². The molecule has 0 bridgehead atoms. The van der Waals surface area contributed by atoms with Crippen molar-refractivity contribution in [3.63, 3.8) is 0 Å². The molecule has 1 rings (SSSR count). The molecule has 3 N–H and O–H groups in total. The van der Waals surface area contributed by atoms with Gasteiger partial charge in [0, 0.05) is 6.54 Å². The standard InChI is InChI=1S/C11H17N2O6PS/c1-2-3-8-12-11(14)13-21(17,18)10-7-5-4-6-9(10)19-20(15)16/h4-7,20H,2-3,8H2,1H3,(H,15,16)(H2,12,13,14). The molecule has 0 saturated heterocycles. The maximum Gasteiger partial charge on any atom is 0.365 e. The molecule has 0 aliphatic heterocycles. The number of hydrogen-bond acceptors (Lipinski definition) is 5. The van der Waals surface area contributed by atoms with Crippen LogP contribution in [-0.2, 0) is 14.6 Å². The molecule has 8 nitrogen and oxygen atoms in total. The molecule has 1 unspecified atom stereocenters. The number of sulfonamides is 1. The minimum absolute atomic E-state index is 0.294. The lowest BCUT2D eigenvalue weighted by Crippen LogP contribution is -2.39. The fourth-order valence-electron chi connectivity index (χ4n) is 1.44. The van der Waals surface area contributed by atoms with Crippen LogP contribution in [-0.4, -0.2) is 25.9 Å². The first-order valence-electron chi connectivity index (χ1n) is 6.17. The van der Waals surface area contributed by atoms with E-state index in [0.717, 1.165) is 12.8 Å². The van der Waals surface area contributed by atoms with Crippen molar-refractivity contribution >= 4 is 24.3 Å². The van der Waals surface area contributed by atoms with Gasteiger partial charge in [0.25, 0.3) is 10.0 Å². The van der Waals surface area contributed by atoms with E-state index in [9.17, 15) is 17.8 Å². The summed E-state index contributed by atoms with van der Waals surface area (Å²) < 4.78 is 41.2. The fourth-order valence-corrected chi connectivity index (χ4v) is 2.94. The highest BCUT2D eigenvalue weighted by atomic mass is 32.2. The number of rotatable bonds is 7. The van der Waals surface area contributed by atoms with Gasteiger partial charge >= 0.3 is 14.3 Å². The molecule has 1 aromatic carbocycles. The Kier molecular flexibility index (Phi) is 6.67.